The molecule has 0 amide bonds. The molecule has 2 aromatic rings. The summed E-state index contributed by atoms with van der Waals surface area (Å²) in [6.07, 6.45) is 0.759. The second-order valence-electron chi connectivity index (χ2n) is 6.73. The number of aliphatic hydroxyl groups is 1. The van der Waals surface area contributed by atoms with Crippen molar-refractivity contribution in [2.45, 2.75) is 30.3 Å². The molecule has 7 nitrogen and oxygen atoms in total. The largest absolute Gasteiger partial charge is 0.394 e. The number of aliphatic hydroxyl groups excluding tert-OH is 1. The van der Waals surface area contributed by atoms with Gasteiger partial charge in [0.2, 0.25) is 0 Å². The van der Waals surface area contributed by atoms with Crippen LogP contribution in [0.3, 0.4) is 0 Å². The lowest BCUT2D eigenvalue weighted by molar-refractivity contribution is 0.271. The van der Waals surface area contributed by atoms with Gasteiger partial charge < -0.3 is 20.5 Å². The molecule has 0 spiro atoms. The van der Waals surface area contributed by atoms with E-state index < -0.39 is 5.82 Å². The summed E-state index contributed by atoms with van der Waals surface area (Å²) in [6, 6.07) is 6.68. The lowest BCUT2D eigenvalue weighted by Crippen LogP contribution is -2.40. The van der Waals surface area contributed by atoms with Crippen LogP contribution in [0.5, 0.6) is 0 Å². The van der Waals surface area contributed by atoms with Crippen LogP contribution >= 0.6 is 35.5 Å². The predicted octanol–water partition coefficient (Wildman–Crippen LogP) is 3.62. The minimum Gasteiger partial charge on any atom is -0.394 e. The molecule has 11 heteroatoms. The van der Waals surface area contributed by atoms with Crippen molar-refractivity contribution in [3.05, 3.63) is 40.7 Å². The monoisotopic (exact) mass is 472 g/mol. The Morgan fingerprint density at radius 1 is 1.30 bits per heavy atom. The molecule has 0 saturated carbocycles. The van der Waals surface area contributed by atoms with E-state index >= 15 is 0 Å². The molecule has 1 aliphatic rings. The van der Waals surface area contributed by atoms with Gasteiger partial charge in [0, 0.05) is 50.1 Å². The van der Waals surface area contributed by atoms with Crippen LogP contribution in [0.25, 0.3) is 0 Å². The minimum absolute atomic E-state index is 0.00892. The first kappa shape index (κ1) is 23.4. The summed E-state index contributed by atoms with van der Waals surface area (Å²) >= 11 is 8.72. The molecule has 3 rings (SSSR count). The third-order valence-corrected chi connectivity index (χ3v) is 6.63. The highest BCUT2D eigenvalue weighted by atomic mass is 35.5. The Morgan fingerprint density at radius 3 is 2.80 bits per heavy atom. The van der Waals surface area contributed by atoms with Gasteiger partial charge in [-0.25, -0.2) is 18.7 Å². The lowest BCUT2D eigenvalue weighted by atomic mass is 10.2. The highest BCUT2D eigenvalue weighted by molar-refractivity contribution is 7.98. The van der Waals surface area contributed by atoms with Gasteiger partial charge in [-0.2, -0.15) is 0 Å². The fraction of sp³-hybridized carbons (Fsp3) is 0.474. The Kier molecular flexibility index (Phi) is 9.28. The van der Waals surface area contributed by atoms with E-state index in [1.54, 1.807) is 12.1 Å². The fourth-order valence-corrected chi connectivity index (χ4v) is 4.47. The van der Waals surface area contributed by atoms with Crippen molar-refractivity contribution in [1.29, 1.82) is 0 Å². The maximum Gasteiger partial charge on any atom is 0.191 e. The third-order valence-electron chi connectivity index (χ3n) is 4.51. The highest BCUT2D eigenvalue weighted by Gasteiger charge is 2.14. The van der Waals surface area contributed by atoms with Crippen molar-refractivity contribution in [3.63, 3.8) is 0 Å². The van der Waals surface area contributed by atoms with Crippen molar-refractivity contribution >= 4 is 47.1 Å². The summed E-state index contributed by atoms with van der Waals surface area (Å²) in [5.74, 6) is 1.21. The first-order valence-corrected chi connectivity index (χ1v) is 11.9. The van der Waals surface area contributed by atoms with Crippen LogP contribution in [0.15, 0.2) is 29.4 Å². The number of hydrogen-bond donors (Lipinski definition) is 4. The number of thioether (sulfide) groups is 1. The maximum absolute atomic E-state index is 14.2. The summed E-state index contributed by atoms with van der Waals surface area (Å²) in [5.41, 5.74) is 0.501. The van der Waals surface area contributed by atoms with Gasteiger partial charge in [-0.05, 0) is 18.1 Å². The number of rotatable bonds is 10. The summed E-state index contributed by atoms with van der Waals surface area (Å²) in [7, 11) is 0. The molecule has 0 radical (unpaired) electrons. The molecule has 1 fully saturated rings. The van der Waals surface area contributed by atoms with Crippen LogP contribution in [-0.4, -0.2) is 58.2 Å². The average Bonchev–Trinajstić information content (AvgIpc) is 2.77. The molecule has 0 unspecified atom stereocenters. The number of benzene rings is 1. The summed E-state index contributed by atoms with van der Waals surface area (Å²) < 4.78 is 19.7. The topological polar surface area (TPSA) is 85.3 Å². The Hall–Kier alpha value is -1.30. The minimum atomic E-state index is -0.417. The van der Waals surface area contributed by atoms with Crippen LogP contribution in [0.2, 0.25) is 5.02 Å². The summed E-state index contributed by atoms with van der Waals surface area (Å²) in [6.45, 7) is 5.78. The van der Waals surface area contributed by atoms with E-state index in [2.05, 4.69) is 29.6 Å². The van der Waals surface area contributed by atoms with Crippen molar-refractivity contribution in [3.8, 4) is 0 Å². The number of anilines is 2. The second-order valence-corrected chi connectivity index (χ2v) is 8.98. The molecule has 1 atom stereocenters. The number of piperazine rings is 1. The average molecular weight is 473 g/mol. The van der Waals surface area contributed by atoms with Gasteiger partial charge in [-0.3, -0.25) is 0 Å². The smallest absolute Gasteiger partial charge is 0.191 e. The van der Waals surface area contributed by atoms with E-state index in [9.17, 15) is 9.50 Å². The predicted molar refractivity (Wildman–Crippen MR) is 123 cm³/mol. The van der Waals surface area contributed by atoms with E-state index in [0.29, 0.717) is 28.1 Å². The standard InChI is InChI=1S/C19H26ClFN6OS2/c1-2-14(11-28)23-16-10-17(26-30-27-8-6-22-7-9-27)25-19(24-16)29-12-13-4-3-5-15(20)18(13)21/h3-5,10,14,22,28H,2,6-9,11-12H2,1H3,(H2,23,24,25,26)/t14-/m1/s1. The zero-order valence-corrected chi connectivity index (χ0v) is 19.1. The van der Waals surface area contributed by atoms with Crippen molar-refractivity contribution < 1.29 is 9.50 Å². The van der Waals surface area contributed by atoms with Crippen LogP contribution in [0.1, 0.15) is 18.9 Å². The SMILES string of the molecule is CC[C@H](CO)Nc1cc(NSN2CCNCC2)nc(SCc2cccc(Cl)c2F)n1. The van der Waals surface area contributed by atoms with Crippen molar-refractivity contribution in [2.24, 2.45) is 0 Å². The van der Waals surface area contributed by atoms with Gasteiger partial charge in [-0.15, -0.1) is 0 Å². The zero-order chi connectivity index (χ0) is 21.3. The van der Waals surface area contributed by atoms with Gasteiger partial charge in [0.25, 0.3) is 0 Å². The van der Waals surface area contributed by atoms with Crippen LogP contribution < -0.4 is 15.4 Å². The van der Waals surface area contributed by atoms with Crippen molar-refractivity contribution in [1.82, 2.24) is 19.6 Å². The van der Waals surface area contributed by atoms with Gasteiger partial charge >= 0.3 is 0 Å². The molecule has 164 valence electrons. The Morgan fingerprint density at radius 2 is 2.07 bits per heavy atom. The summed E-state index contributed by atoms with van der Waals surface area (Å²) in [5, 5.41) is 16.7. The highest BCUT2D eigenvalue weighted by Crippen LogP contribution is 2.27. The molecule has 0 bridgehead atoms. The van der Waals surface area contributed by atoms with E-state index in [0.717, 1.165) is 32.6 Å². The van der Waals surface area contributed by atoms with E-state index in [4.69, 9.17) is 11.6 Å². The number of nitrogens with zero attached hydrogens (tertiary/aromatic N) is 3. The first-order valence-electron chi connectivity index (χ1n) is 9.79. The zero-order valence-electron chi connectivity index (χ0n) is 16.7. The van der Waals surface area contributed by atoms with E-state index in [1.807, 2.05) is 13.0 Å². The van der Waals surface area contributed by atoms with Crippen LogP contribution in [0, 0.1) is 5.82 Å². The molecule has 0 aliphatic carbocycles. The molecule has 30 heavy (non-hydrogen) atoms. The lowest BCUT2D eigenvalue weighted by Gasteiger charge is -2.25. The molecule has 1 aromatic heterocycles. The molecule has 4 N–H and O–H groups in total. The second kappa shape index (κ2) is 11.9. The molecular formula is C19H26ClFN6OS2. The van der Waals surface area contributed by atoms with E-state index in [1.165, 1.54) is 30.0 Å². The third kappa shape index (κ3) is 6.86. The quantitative estimate of drug-likeness (QED) is 0.235. The molecule has 1 saturated heterocycles. The van der Waals surface area contributed by atoms with Gasteiger partial charge in [0.1, 0.15) is 17.5 Å². The Bertz CT molecular complexity index is 824. The molecule has 1 aliphatic heterocycles. The van der Waals surface area contributed by atoms with Crippen LogP contribution in [-0.2, 0) is 5.75 Å². The van der Waals surface area contributed by atoms with Crippen molar-refractivity contribution in [2.75, 3.05) is 42.8 Å². The van der Waals surface area contributed by atoms with E-state index in [-0.39, 0.29) is 17.7 Å². The molecule has 1 aromatic carbocycles. The number of aromatic nitrogens is 2. The van der Waals surface area contributed by atoms with Gasteiger partial charge in [0.05, 0.1) is 17.7 Å². The number of nitrogens with one attached hydrogen (secondary N) is 3. The number of halogens is 2. The fourth-order valence-electron chi connectivity index (χ4n) is 2.75. The Balaban J connectivity index is 1.73. The van der Waals surface area contributed by atoms with Gasteiger partial charge in [0.15, 0.2) is 5.16 Å². The molecule has 2 heterocycles. The van der Waals surface area contributed by atoms with Crippen LogP contribution in [0.4, 0.5) is 16.0 Å². The first-order chi connectivity index (χ1) is 14.6. The summed E-state index contributed by atoms with van der Waals surface area (Å²) in [4.78, 5) is 9.10. The van der Waals surface area contributed by atoms with Gasteiger partial charge in [-0.1, -0.05) is 42.4 Å². The normalized spacial score (nSPS) is 15.7. The number of hydrogen-bond acceptors (Lipinski definition) is 9. The Labute approximate surface area is 189 Å². The molecular weight excluding hydrogens is 447 g/mol. The maximum atomic E-state index is 14.2.